The minimum Gasteiger partial charge on any atom is -0.463 e. The minimum atomic E-state index is -1.84. The second kappa shape index (κ2) is 7.69. The highest BCUT2D eigenvalue weighted by molar-refractivity contribution is 5.81. The van der Waals surface area contributed by atoms with Gasteiger partial charge in [-0.2, -0.15) is 0 Å². The molecule has 0 aromatic heterocycles. The van der Waals surface area contributed by atoms with Crippen LogP contribution in [0.15, 0.2) is 0 Å². The van der Waals surface area contributed by atoms with E-state index in [0.29, 0.717) is 30.3 Å². The Labute approximate surface area is 212 Å². The number of aliphatic hydroxyl groups is 3. The van der Waals surface area contributed by atoms with E-state index >= 15 is 0 Å². The third-order valence-corrected chi connectivity index (χ3v) is 13.4. The number of carbonyl (C=O) groups is 1. The predicted molar refractivity (Wildman–Crippen MR) is 135 cm³/mol. The van der Waals surface area contributed by atoms with E-state index in [1.54, 1.807) is 0 Å². The van der Waals surface area contributed by atoms with Gasteiger partial charge in [-0.1, -0.05) is 34.6 Å². The summed E-state index contributed by atoms with van der Waals surface area (Å²) in [6.45, 7) is 15.6. The van der Waals surface area contributed by atoms with E-state index in [0.717, 1.165) is 19.3 Å². The monoisotopic (exact) mass is 490 g/mol. The first-order chi connectivity index (χ1) is 16.0. The molecule has 0 aromatic rings. The van der Waals surface area contributed by atoms with E-state index < -0.39 is 17.2 Å². The molecule has 4 saturated carbocycles. The number of ether oxygens (including phenoxy) is 1. The van der Waals surface area contributed by atoms with Crippen molar-refractivity contribution in [1.82, 2.24) is 0 Å². The Morgan fingerprint density at radius 3 is 2.09 bits per heavy atom. The maximum absolute atomic E-state index is 12.5. The van der Waals surface area contributed by atoms with Crippen molar-refractivity contribution >= 4 is 5.97 Å². The first-order valence-corrected chi connectivity index (χ1v) is 14.3. The highest BCUT2D eigenvalue weighted by atomic mass is 16.6. The Bertz CT molecular complexity index is 876. The number of fused-ring (bicyclic) bond motifs is 5. The molecular formula is C30H50O5. The summed E-state index contributed by atoms with van der Waals surface area (Å²) < 4.78 is 5.56. The van der Waals surface area contributed by atoms with Crippen LogP contribution in [0.5, 0.6) is 0 Å². The van der Waals surface area contributed by atoms with E-state index in [9.17, 15) is 20.1 Å². The first kappa shape index (κ1) is 26.0. The zero-order valence-corrected chi connectivity index (χ0v) is 23.2. The number of aliphatic hydroxyl groups excluding tert-OH is 1. The normalized spacial score (nSPS) is 53.8. The van der Waals surface area contributed by atoms with Crippen molar-refractivity contribution in [1.29, 1.82) is 0 Å². The number of cyclic esters (lactones) is 1. The molecule has 0 amide bonds. The van der Waals surface area contributed by atoms with Crippen LogP contribution in [0.3, 0.4) is 0 Å². The number of hydrogen-bond acceptors (Lipinski definition) is 5. The van der Waals surface area contributed by atoms with Crippen molar-refractivity contribution in [2.45, 2.75) is 124 Å². The summed E-state index contributed by atoms with van der Waals surface area (Å²) in [5.41, 5.74) is -2.75. The molecule has 200 valence electrons. The molecule has 5 rings (SSSR count). The Morgan fingerprint density at radius 1 is 0.857 bits per heavy atom. The molecule has 0 bridgehead atoms. The van der Waals surface area contributed by atoms with Crippen LogP contribution >= 0.6 is 0 Å². The average molecular weight is 491 g/mol. The van der Waals surface area contributed by atoms with Crippen molar-refractivity contribution in [2.24, 2.45) is 51.2 Å². The van der Waals surface area contributed by atoms with Crippen LogP contribution in [0.1, 0.15) is 106 Å². The van der Waals surface area contributed by atoms with Gasteiger partial charge in [0.05, 0.1) is 18.3 Å². The summed E-state index contributed by atoms with van der Waals surface area (Å²) in [6.07, 6.45) is 9.29. The Hall–Kier alpha value is -0.650. The fourth-order valence-corrected chi connectivity index (χ4v) is 10.9. The third kappa shape index (κ3) is 3.25. The van der Waals surface area contributed by atoms with Crippen molar-refractivity contribution in [3.8, 4) is 0 Å². The Balaban J connectivity index is 1.43. The number of rotatable bonds is 2. The van der Waals surface area contributed by atoms with Crippen LogP contribution < -0.4 is 0 Å². The summed E-state index contributed by atoms with van der Waals surface area (Å²) >= 11 is 0. The Morgan fingerprint density at radius 2 is 1.46 bits per heavy atom. The maximum Gasteiger partial charge on any atom is 0.341 e. The van der Waals surface area contributed by atoms with Crippen molar-refractivity contribution in [2.75, 3.05) is 6.61 Å². The van der Waals surface area contributed by atoms with E-state index in [1.165, 1.54) is 46.0 Å². The number of carbonyl (C=O) groups excluding carboxylic acids is 1. The van der Waals surface area contributed by atoms with Gasteiger partial charge in [0, 0.05) is 0 Å². The average Bonchev–Trinajstić information content (AvgIpc) is 3.04. The highest BCUT2D eigenvalue weighted by Gasteiger charge is 2.68. The second-order valence-electron chi connectivity index (χ2n) is 15.2. The van der Waals surface area contributed by atoms with Gasteiger partial charge in [0.2, 0.25) is 0 Å². The molecule has 5 nitrogen and oxygen atoms in total. The molecule has 4 aliphatic carbocycles. The largest absolute Gasteiger partial charge is 0.463 e. The summed E-state index contributed by atoms with van der Waals surface area (Å²) in [4.78, 5) is 12.5. The molecule has 0 radical (unpaired) electrons. The number of esters is 1. The molecule has 0 spiro atoms. The van der Waals surface area contributed by atoms with Gasteiger partial charge in [-0.3, -0.25) is 0 Å². The molecule has 5 aliphatic rings. The van der Waals surface area contributed by atoms with Crippen LogP contribution in [0.4, 0.5) is 0 Å². The van der Waals surface area contributed by atoms with E-state index in [-0.39, 0.29) is 40.1 Å². The van der Waals surface area contributed by atoms with Gasteiger partial charge in [0.15, 0.2) is 5.60 Å². The molecule has 5 heteroatoms. The molecule has 35 heavy (non-hydrogen) atoms. The minimum absolute atomic E-state index is 0.0225. The molecule has 1 saturated heterocycles. The van der Waals surface area contributed by atoms with Crippen molar-refractivity contribution in [3.05, 3.63) is 0 Å². The highest BCUT2D eigenvalue weighted by Crippen LogP contribution is 2.75. The first-order valence-electron chi connectivity index (χ1n) is 14.3. The maximum atomic E-state index is 12.5. The SMILES string of the molecule is CC1(C)[C@H](O)CC[C@@]2(C)[C@@H]3CC[C@@]4(C)[C@@H](C5COC(=O)[C@@](O)(C(C)(C)O)C5)CC[C@@]4(C)C3CC[C@H]12. The molecule has 0 aromatic carbocycles. The van der Waals surface area contributed by atoms with Gasteiger partial charge in [0.25, 0.3) is 0 Å². The fraction of sp³-hybridized carbons (Fsp3) is 0.967. The van der Waals surface area contributed by atoms with Crippen LogP contribution in [-0.2, 0) is 9.53 Å². The van der Waals surface area contributed by atoms with Crippen LogP contribution in [0.25, 0.3) is 0 Å². The molecule has 1 heterocycles. The smallest absolute Gasteiger partial charge is 0.341 e. The summed E-state index contributed by atoms with van der Waals surface area (Å²) in [5.74, 6) is 1.72. The van der Waals surface area contributed by atoms with Gasteiger partial charge < -0.3 is 20.1 Å². The van der Waals surface area contributed by atoms with Crippen LogP contribution in [-0.4, -0.2) is 45.2 Å². The van der Waals surface area contributed by atoms with E-state index in [1.807, 2.05) is 0 Å². The lowest BCUT2D eigenvalue weighted by atomic mass is 9.38. The predicted octanol–water partition coefficient (Wildman–Crippen LogP) is 5.10. The van der Waals surface area contributed by atoms with Gasteiger partial charge in [-0.15, -0.1) is 0 Å². The van der Waals surface area contributed by atoms with Crippen LogP contribution in [0.2, 0.25) is 0 Å². The topological polar surface area (TPSA) is 87.0 Å². The summed E-state index contributed by atoms with van der Waals surface area (Å²) in [6, 6.07) is 0. The van der Waals surface area contributed by atoms with Crippen LogP contribution in [0, 0.1) is 51.2 Å². The van der Waals surface area contributed by atoms with Gasteiger partial charge in [-0.05, 0) is 123 Å². The molecule has 5 fully saturated rings. The quantitative estimate of drug-likeness (QED) is 0.469. The van der Waals surface area contributed by atoms with Gasteiger partial charge in [-0.25, -0.2) is 4.79 Å². The second-order valence-corrected chi connectivity index (χ2v) is 15.2. The van der Waals surface area contributed by atoms with E-state index in [4.69, 9.17) is 4.74 Å². The third-order valence-electron chi connectivity index (χ3n) is 13.4. The standard InChI is InChI=1S/C30H50O5/c1-25(2)22-9-8-21-20(27(22,5)13-12-23(25)31)11-15-28(6)19(10-14-29(21,28)7)18-16-30(34,26(3,4)33)24(32)35-17-18/h18-23,31,33-34H,8-17H2,1-7H3/t18?,19-,20-,21?,22-,23-,27+,28+,29+,30-/m1/s1. The zero-order valence-electron chi connectivity index (χ0n) is 23.2. The molecular weight excluding hydrogens is 440 g/mol. The lowest BCUT2D eigenvalue weighted by Gasteiger charge is -2.67. The zero-order chi connectivity index (χ0) is 25.8. The molecule has 3 N–H and O–H groups in total. The Kier molecular flexibility index (Phi) is 5.71. The van der Waals surface area contributed by atoms with Gasteiger partial charge >= 0.3 is 5.97 Å². The van der Waals surface area contributed by atoms with Crippen molar-refractivity contribution < 1.29 is 24.9 Å². The molecule has 2 unspecified atom stereocenters. The number of hydrogen-bond donors (Lipinski definition) is 3. The summed E-state index contributed by atoms with van der Waals surface area (Å²) in [5, 5.41) is 32.7. The lowest BCUT2D eigenvalue weighted by Crippen LogP contribution is -2.63. The van der Waals surface area contributed by atoms with Gasteiger partial charge in [0.1, 0.15) is 0 Å². The van der Waals surface area contributed by atoms with Crippen molar-refractivity contribution in [3.63, 3.8) is 0 Å². The lowest BCUT2D eigenvalue weighted by molar-refractivity contribution is -0.221. The molecule has 1 aliphatic heterocycles. The fourth-order valence-electron chi connectivity index (χ4n) is 10.9. The van der Waals surface area contributed by atoms with E-state index in [2.05, 4.69) is 34.6 Å². The summed E-state index contributed by atoms with van der Waals surface area (Å²) in [7, 11) is 0. The molecule has 10 atom stereocenters.